The van der Waals surface area contributed by atoms with Gasteiger partial charge in [0.15, 0.2) is 6.61 Å². The van der Waals surface area contributed by atoms with Gasteiger partial charge in [-0.3, -0.25) is 4.79 Å². The maximum atomic E-state index is 11.9. The van der Waals surface area contributed by atoms with Gasteiger partial charge in [0.1, 0.15) is 11.5 Å². The van der Waals surface area contributed by atoms with Gasteiger partial charge in [-0.25, -0.2) is 0 Å². The largest absolute Gasteiger partial charge is 0.484 e. The molecular weight excluding hydrogens is 278 g/mol. The Morgan fingerprint density at radius 3 is 2.64 bits per heavy atom. The monoisotopic (exact) mass is 301 g/mol. The van der Waals surface area contributed by atoms with Gasteiger partial charge in [-0.1, -0.05) is 19.9 Å². The Bertz CT molecular complexity index is 617. The highest BCUT2D eigenvalue weighted by atomic mass is 16.5. The van der Waals surface area contributed by atoms with E-state index in [0.29, 0.717) is 11.7 Å². The number of rotatable bonds is 6. The minimum absolute atomic E-state index is 0.00842. The third kappa shape index (κ3) is 4.13. The van der Waals surface area contributed by atoms with Crippen LogP contribution in [0.1, 0.15) is 49.6 Å². The molecule has 0 aliphatic rings. The lowest BCUT2D eigenvalue weighted by Crippen LogP contribution is -2.31. The molecule has 0 radical (unpaired) electrons. The predicted octanol–water partition coefficient (Wildman–Crippen LogP) is 3.97. The highest BCUT2D eigenvalue weighted by molar-refractivity contribution is 5.77. The quantitative estimate of drug-likeness (QED) is 0.878. The van der Waals surface area contributed by atoms with Crippen molar-refractivity contribution in [2.75, 3.05) is 6.61 Å². The first-order valence-corrected chi connectivity index (χ1v) is 7.53. The molecule has 0 aliphatic heterocycles. The number of carbonyl (C=O) groups excluding carboxylic acids is 1. The van der Waals surface area contributed by atoms with Crippen LogP contribution in [0.25, 0.3) is 0 Å². The van der Waals surface area contributed by atoms with E-state index in [1.165, 1.54) is 11.1 Å². The first-order valence-electron chi connectivity index (χ1n) is 7.53. The molecule has 22 heavy (non-hydrogen) atoms. The van der Waals surface area contributed by atoms with E-state index in [4.69, 9.17) is 9.15 Å². The molecule has 0 saturated heterocycles. The second kappa shape index (κ2) is 7.16. The number of furan rings is 1. The molecule has 0 saturated carbocycles. The molecule has 4 nitrogen and oxygen atoms in total. The molecule has 118 valence electrons. The Morgan fingerprint density at radius 2 is 2.05 bits per heavy atom. The number of ether oxygens (including phenoxy) is 1. The predicted molar refractivity (Wildman–Crippen MR) is 86.0 cm³/mol. The van der Waals surface area contributed by atoms with Crippen molar-refractivity contribution in [1.29, 1.82) is 0 Å². The van der Waals surface area contributed by atoms with E-state index in [1.54, 1.807) is 12.3 Å². The van der Waals surface area contributed by atoms with Gasteiger partial charge in [-0.05, 0) is 55.2 Å². The number of carbonyl (C=O) groups is 1. The van der Waals surface area contributed by atoms with Crippen LogP contribution in [0.4, 0.5) is 0 Å². The van der Waals surface area contributed by atoms with Gasteiger partial charge in [0, 0.05) is 0 Å². The van der Waals surface area contributed by atoms with Crippen molar-refractivity contribution in [3.63, 3.8) is 0 Å². The first-order chi connectivity index (χ1) is 10.5. The van der Waals surface area contributed by atoms with Crippen LogP contribution in [0, 0.1) is 6.92 Å². The van der Waals surface area contributed by atoms with Crippen molar-refractivity contribution >= 4 is 5.91 Å². The van der Waals surface area contributed by atoms with Crippen LogP contribution in [0.15, 0.2) is 41.0 Å². The second-order valence-electron chi connectivity index (χ2n) is 5.77. The number of amides is 1. The highest BCUT2D eigenvalue weighted by Crippen LogP contribution is 2.23. The molecule has 1 aromatic heterocycles. The summed E-state index contributed by atoms with van der Waals surface area (Å²) in [7, 11) is 0. The molecule has 1 atom stereocenters. The first kappa shape index (κ1) is 16.1. The van der Waals surface area contributed by atoms with E-state index in [1.807, 2.05) is 25.1 Å². The third-order valence-electron chi connectivity index (χ3n) is 3.58. The molecular formula is C18H23NO3. The fraction of sp³-hybridized carbons (Fsp3) is 0.389. The van der Waals surface area contributed by atoms with E-state index in [9.17, 15) is 4.79 Å². The topological polar surface area (TPSA) is 51.5 Å². The number of nitrogens with one attached hydrogen (secondary N) is 1. The molecule has 2 aromatic rings. The van der Waals surface area contributed by atoms with Crippen LogP contribution in [0.3, 0.4) is 0 Å². The molecule has 1 aromatic carbocycles. The van der Waals surface area contributed by atoms with Crippen molar-refractivity contribution in [1.82, 2.24) is 5.32 Å². The van der Waals surface area contributed by atoms with Crippen LogP contribution in [-0.4, -0.2) is 12.5 Å². The molecule has 0 aliphatic carbocycles. The minimum atomic E-state index is -0.172. The zero-order chi connectivity index (χ0) is 16.1. The number of hydrogen-bond acceptors (Lipinski definition) is 3. The lowest BCUT2D eigenvalue weighted by molar-refractivity contribution is -0.123. The molecule has 0 spiro atoms. The summed E-state index contributed by atoms with van der Waals surface area (Å²) in [5.41, 5.74) is 2.47. The average molecular weight is 301 g/mol. The second-order valence-corrected chi connectivity index (χ2v) is 5.77. The van der Waals surface area contributed by atoms with Crippen LogP contribution < -0.4 is 10.1 Å². The van der Waals surface area contributed by atoms with Gasteiger partial charge in [-0.2, -0.15) is 0 Å². The zero-order valence-electron chi connectivity index (χ0n) is 13.6. The average Bonchev–Trinajstić information content (AvgIpc) is 2.99. The SMILES string of the molecule is Cc1cc(OCC(=O)N[C@H](C)c2ccco2)ccc1C(C)C. The summed E-state index contributed by atoms with van der Waals surface area (Å²) in [4.78, 5) is 11.9. The maximum absolute atomic E-state index is 11.9. The van der Waals surface area contributed by atoms with Crippen LogP contribution >= 0.6 is 0 Å². The Kier molecular flexibility index (Phi) is 5.26. The van der Waals surface area contributed by atoms with E-state index in [-0.39, 0.29) is 18.6 Å². The number of hydrogen-bond donors (Lipinski definition) is 1. The Labute approximate surface area is 131 Å². The van der Waals surface area contributed by atoms with Gasteiger partial charge in [0.2, 0.25) is 0 Å². The fourth-order valence-corrected chi connectivity index (χ4v) is 2.43. The highest BCUT2D eigenvalue weighted by Gasteiger charge is 2.12. The summed E-state index contributed by atoms with van der Waals surface area (Å²) in [6, 6.07) is 9.40. The summed E-state index contributed by atoms with van der Waals surface area (Å²) in [6.45, 7) is 8.24. The van der Waals surface area contributed by atoms with E-state index in [2.05, 4.69) is 32.2 Å². The van der Waals surface area contributed by atoms with E-state index >= 15 is 0 Å². The Hall–Kier alpha value is -2.23. The van der Waals surface area contributed by atoms with Gasteiger partial charge in [0.25, 0.3) is 5.91 Å². The summed E-state index contributed by atoms with van der Waals surface area (Å²) < 4.78 is 10.8. The molecule has 1 N–H and O–H groups in total. The summed E-state index contributed by atoms with van der Waals surface area (Å²) in [5, 5.41) is 2.84. The lowest BCUT2D eigenvalue weighted by Gasteiger charge is -2.14. The number of benzene rings is 1. The molecule has 1 amide bonds. The Balaban J connectivity index is 1.87. The van der Waals surface area contributed by atoms with Crippen molar-refractivity contribution in [2.24, 2.45) is 0 Å². The van der Waals surface area contributed by atoms with Crippen molar-refractivity contribution in [3.8, 4) is 5.75 Å². The molecule has 0 unspecified atom stereocenters. The molecule has 0 bridgehead atoms. The lowest BCUT2D eigenvalue weighted by atomic mass is 9.98. The van der Waals surface area contributed by atoms with Crippen molar-refractivity contribution in [3.05, 3.63) is 53.5 Å². The zero-order valence-corrected chi connectivity index (χ0v) is 13.6. The van der Waals surface area contributed by atoms with Gasteiger partial charge in [0.05, 0.1) is 12.3 Å². The van der Waals surface area contributed by atoms with E-state index in [0.717, 1.165) is 5.76 Å². The molecule has 2 rings (SSSR count). The van der Waals surface area contributed by atoms with Crippen LogP contribution in [-0.2, 0) is 4.79 Å². The summed E-state index contributed by atoms with van der Waals surface area (Å²) in [6.07, 6.45) is 1.59. The normalized spacial score (nSPS) is 12.2. The molecule has 0 fully saturated rings. The number of aryl methyl sites for hydroxylation is 1. The molecule has 1 heterocycles. The van der Waals surface area contributed by atoms with Gasteiger partial charge < -0.3 is 14.5 Å². The standard InChI is InChI=1S/C18H23NO3/c1-12(2)16-8-7-15(10-13(16)3)22-11-18(20)19-14(4)17-6-5-9-21-17/h5-10,12,14H,11H2,1-4H3,(H,19,20)/t14-/m1/s1. The summed E-state index contributed by atoms with van der Waals surface area (Å²) >= 11 is 0. The van der Waals surface area contributed by atoms with Crippen molar-refractivity contribution < 1.29 is 13.9 Å². The summed E-state index contributed by atoms with van der Waals surface area (Å²) in [5.74, 6) is 1.74. The smallest absolute Gasteiger partial charge is 0.258 e. The Morgan fingerprint density at radius 1 is 1.27 bits per heavy atom. The van der Waals surface area contributed by atoms with Gasteiger partial charge in [-0.15, -0.1) is 0 Å². The fourth-order valence-electron chi connectivity index (χ4n) is 2.43. The van der Waals surface area contributed by atoms with Gasteiger partial charge >= 0.3 is 0 Å². The minimum Gasteiger partial charge on any atom is -0.484 e. The van der Waals surface area contributed by atoms with Crippen molar-refractivity contribution in [2.45, 2.75) is 39.7 Å². The third-order valence-corrected chi connectivity index (χ3v) is 3.58. The molecule has 4 heteroatoms. The van der Waals surface area contributed by atoms with Crippen LogP contribution in [0.5, 0.6) is 5.75 Å². The maximum Gasteiger partial charge on any atom is 0.258 e. The van der Waals surface area contributed by atoms with E-state index < -0.39 is 0 Å². The van der Waals surface area contributed by atoms with Crippen LogP contribution in [0.2, 0.25) is 0 Å².